The van der Waals surface area contributed by atoms with Crippen molar-refractivity contribution >= 4 is 11.8 Å². The molecular formula is C36H54O5. The monoisotopic (exact) mass is 566 g/mol. The molecule has 4 fully saturated rings. The van der Waals surface area contributed by atoms with Crippen molar-refractivity contribution in [2.45, 2.75) is 129 Å². The number of esters is 1. The van der Waals surface area contributed by atoms with Gasteiger partial charge in [-0.2, -0.15) is 0 Å². The maximum Gasteiger partial charge on any atom is 0.318 e. The van der Waals surface area contributed by atoms with E-state index in [0.717, 1.165) is 32.1 Å². The van der Waals surface area contributed by atoms with Crippen LogP contribution in [0, 0.1) is 40.9 Å². The zero-order chi connectivity index (χ0) is 29.6. The highest BCUT2D eigenvalue weighted by molar-refractivity contribution is 5.93. The zero-order valence-electron chi connectivity index (χ0n) is 26.6. The summed E-state index contributed by atoms with van der Waals surface area (Å²) in [6, 6.07) is 10.6. The molecule has 0 aliphatic heterocycles. The van der Waals surface area contributed by atoms with Gasteiger partial charge in [-0.3, -0.25) is 9.59 Å². The van der Waals surface area contributed by atoms with Crippen LogP contribution in [0.2, 0.25) is 0 Å². The first-order chi connectivity index (χ1) is 19.4. The van der Waals surface area contributed by atoms with Crippen LogP contribution in [0.5, 0.6) is 0 Å². The van der Waals surface area contributed by atoms with Crippen LogP contribution >= 0.6 is 0 Å². The van der Waals surface area contributed by atoms with Gasteiger partial charge in [-0.15, -0.1) is 0 Å². The van der Waals surface area contributed by atoms with Gasteiger partial charge < -0.3 is 14.2 Å². The molecule has 228 valence electrons. The summed E-state index contributed by atoms with van der Waals surface area (Å²) >= 11 is 0. The van der Waals surface area contributed by atoms with Crippen LogP contribution in [0.4, 0.5) is 0 Å². The first-order valence-corrected chi connectivity index (χ1v) is 16.5. The second kappa shape index (κ2) is 11.8. The lowest BCUT2D eigenvalue weighted by atomic mass is 9.48. The fraction of sp³-hybridized carbons (Fsp3) is 0.778. The summed E-state index contributed by atoms with van der Waals surface area (Å²) < 4.78 is 20.0. The third kappa shape index (κ3) is 5.32. The van der Waals surface area contributed by atoms with E-state index in [1.165, 1.54) is 12.0 Å². The topological polar surface area (TPSA) is 61.8 Å². The van der Waals surface area contributed by atoms with Crippen molar-refractivity contribution in [1.82, 2.24) is 0 Å². The summed E-state index contributed by atoms with van der Waals surface area (Å²) in [7, 11) is 1.67. The summed E-state index contributed by atoms with van der Waals surface area (Å²) in [6.45, 7) is 13.7. The number of carbonyl (C=O) groups is 2. The number of hydrogen-bond acceptors (Lipinski definition) is 5. The van der Waals surface area contributed by atoms with Gasteiger partial charge in [-0.05, 0) is 73.2 Å². The molecule has 5 heteroatoms. The van der Waals surface area contributed by atoms with Crippen LogP contribution in [0.1, 0.15) is 111 Å². The molecule has 0 amide bonds. The Labute approximate surface area is 248 Å². The number of rotatable bonds is 8. The highest BCUT2D eigenvalue weighted by Gasteiger charge is 2.76. The van der Waals surface area contributed by atoms with E-state index in [1.807, 2.05) is 0 Å². The Morgan fingerprint density at radius 2 is 1.63 bits per heavy atom. The SMILES string of the molecule is CO[C@]1(O[C@@H]2C[C@H](C)CC[C@H]2C(C)C)C[C@H]2C(=O)CCC[C@]21C(=O)O[C@@H]1C[C@H](C)CC[C@H]1C(C)(C)c1ccccc1. The predicted molar refractivity (Wildman–Crippen MR) is 161 cm³/mol. The van der Waals surface area contributed by atoms with Gasteiger partial charge >= 0.3 is 5.97 Å². The van der Waals surface area contributed by atoms with Gasteiger partial charge in [0.1, 0.15) is 17.3 Å². The average Bonchev–Trinajstić information content (AvgIpc) is 2.92. The molecule has 5 rings (SSSR count). The Kier molecular flexibility index (Phi) is 8.81. The highest BCUT2D eigenvalue weighted by atomic mass is 16.7. The van der Waals surface area contributed by atoms with Gasteiger partial charge in [0.15, 0.2) is 5.79 Å². The standard InChI is InChI=1S/C36H54O5/c1-23(2)27-17-15-24(3)20-31(27)41-36(39-7)22-29-30(37)14-11-19-35(29,36)33(38)40-32-21-25(4)16-18-28(32)34(5,6)26-12-9-8-10-13-26/h8-10,12-13,23-25,27-29,31-32H,11,14-22H2,1-7H3/t24-,25-,27+,28-,29+,31-,32-,35-,36+/m1/s1. The van der Waals surface area contributed by atoms with Crippen LogP contribution in [0.25, 0.3) is 0 Å². The van der Waals surface area contributed by atoms with Gasteiger partial charge in [-0.25, -0.2) is 0 Å². The molecule has 1 aromatic carbocycles. The van der Waals surface area contributed by atoms with Crippen LogP contribution in [0.15, 0.2) is 30.3 Å². The summed E-state index contributed by atoms with van der Waals surface area (Å²) in [5.74, 6) is 0.562. The minimum atomic E-state index is -1.11. The second-order valence-electron chi connectivity index (χ2n) is 15.0. The smallest absolute Gasteiger partial charge is 0.318 e. The summed E-state index contributed by atoms with van der Waals surface area (Å²) in [4.78, 5) is 28.0. The van der Waals surface area contributed by atoms with Gasteiger partial charge in [0, 0.05) is 31.8 Å². The van der Waals surface area contributed by atoms with E-state index in [1.54, 1.807) is 7.11 Å². The van der Waals surface area contributed by atoms with E-state index in [2.05, 4.69) is 71.9 Å². The number of hydrogen-bond donors (Lipinski definition) is 0. The predicted octanol–water partition coefficient (Wildman–Crippen LogP) is 7.89. The Balaban J connectivity index is 1.46. The molecule has 0 spiro atoms. The molecule has 0 aromatic heterocycles. The largest absolute Gasteiger partial charge is 0.461 e. The van der Waals surface area contributed by atoms with Crippen molar-refractivity contribution in [1.29, 1.82) is 0 Å². The Bertz CT molecular complexity index is 1080. The minimum Gasteiger partial charge on any atom is -0.461 e. The molecule has 0 N–H and O–H groups in total. The number of benzene rings is 1. The number of Topliss-reactive ketones (excluding diaryl/α,β-unsaturated/α-hetero) is 1. The lowest BCUT2D eigenvalue weighted by molar-refractivity contribution is -0.378. The number of ketones is 1. The average molecular weight is 567 g/mol. The number of carbonyl (C=O) groups excluding carboxylic acids is 2. The van der Waals surface area contributed by atoms with E-state index in [9.17, 15) is 9.59 Å². The van der Waals surface area contributed by atoms with Crippen LogP contribution < -0.4 is 0 Å². The van der Waals surface area contributed by atoms with Crippen molar-refractivity contribution in [3.63, 3.8) is 0 Å². The van der Waals surface area contributed by atoms with Gasteiger partial charge in [0.05, 0.1) is 6.10 Å². The highest BCUT2D eigenvalue weighted by Crippen LogP contribution is 2.64. The zero-order valence-corrected chi connectivity index (χ0v) is 26.6. The van der Waals surface area contributed by atoms with Gasteiger partial charge in [0.2, 0.25) is 0 Å². The fourth-order valence-corrected chi connectivity index (χ4v) is 9.20. The van der Waals surface area contributed by atoms with E-state index in [0.29, 0.717) is 49.4 Å². The molecular weight excluding hydrogens is 512 g/mol. The number of fused-ring (bicyclic) bond motifs is 1. The van der Waals surface area contributed by atoms with Gasteiger partial charge in [-0.1, -0.05) is 84.7 Å². The molecule has 0 bridgehead atoms. The van der Waals surface area contributed by atoms with Crippen molar-refractivity contribution < 1.29 is 23.8 Å². The molecule has 4 aliphatic rings. The Hall–Kier alpha value is -1.72. The van der Waals surface area contributed by atoms with Crippen LogP contribution in [-0.4, -0.2) is 36.9 Å². The Morgan fingerprint density at radius 3 is 2.29 bits per heavy atom. The fourth-order valence-electron chi connectivity index (χ4n) is 9.20. The van der Waals surface area contributed by atoms with E-state index in [4.69, 9.17) is 14.2 Å². The molecule has 0 radical (unpaired) electrons. The quantitative estimate of drug-likeness (QED) is 0.236. The lowest BCUT2D eigenvalue weighted by Gasteiger charge is -2.63. The molecule has 41 heavy (non-hydrogen) atoms. The third-order valence-corrected chi connectivity index (χ3v) is 11.9. The number of methoxy groups -OCH3 is 1. The molecule has 4 saturated carbocycles. The summed E-state index contributed by atoms with van der Waals surface area (Å²) in [6.07, 6.45) is 8.32. The first kappa shape index (κ1) is 30.7. The third-order valence-electron chi connectivity index (χ3n) is 11.9. The maximum atomic E-state index is 14.7. The first-order valence-electron chi connectivity index (χ1n) is 16.5. The number of ether oxygens (including phenoxy) is 3. The van der Waals surface area contributed by atoms with E-state index < -0.39 is 11.2 Å². The van der Waals surface area contributed by atoms with Crippen LogP contribution in [-0.2, 0) is 29.2 Å². The normalized spacial score (nSPS) is 39.6. The molecule has 0 unspecified atom stereocenters. The van der Waals surface area contributed by atoms with Crippen molar-refractivity contribution in [2.75, 3.05) is 7.11 Å². The molecule has 9 atom stereocenters. The maximum absolute atomic E-state index is 14.7. The summed E-state index contributed by atoms with van der Waals surface area (Å²) in [5.41, 5.74) is 0.0542. The minimum absolute atomic E-state index is 0.0146. The van der Waals surface area contributed by atoms with E-state index >= 15 is 0 Å². The Morgan fingerprint density at radius 1 is 0.976 bits per heavy atom. The molecule has 0 heterocycles. The molecule has 0 saturated heterocycles. The lowest BCUT2D eigenvalue weighted by Crippen LogP contribution is -2.74. The van der Waals surface area contributed by atoms with Crippen molar-refractivity contribution in [3.8, 4) is 0 Å². The van der Waals surface area contributed by atoms with E-state index in [-0.39, 0.29) is 41.2 Å². The second-order valence-corrected chi connectivity index (χ2v) is 15.0. The molecule has 1 aromatic rings. The van der Waals surface area contributed by atoms with Crippen molar-refractivity contribution in [2.24, 2.45) is 40.9 Å². The van der Waals surface area contributed by atoms with Gasteiger partial charge in [0.25, 0.3) is 0 Å². The molecule has 4 aliphatic carbocycles. The van der Waals surface area contributed by atoms with Crippen molar-refractivity contribution in [3.05, 3.63) is 35.9 Å². The summed E-state index contributed by atoms with van der Waals surface area (Å²) in [5, 5.41) is 0. The molecule has 5 nitrogen and oxygen atoms in total. The van der Waals surface area contributed by atoms with Crippen LogP contribution in [0.3, 0.4) is 0 Å².